The number of aliphatic carboxylic acids is 1. The first kappa shape index (κ1) is 13.7. The fourth-order valence-corrected chi connectivity index (χ4v) is 1.55. The number of nitrogens with one attached hydrogen (secondary N) is 1. The second kappa shape index (κ2) is 7.04. The highest BCUT2D eigenvalue weighted by Gasteiger charge is 2.13. The van der Waals surface area contributed by atoms with E-state index in [0.717, 1.165) is 12.8 Å². The Labute approximate surface area is 101 Å². The molecule has 3 N–H and O–H groups in total. The lowest BCUT2D eigenvalue weighted by Crippen LogP contribution is -2.40. The first-order valence-electron chi connectivity index (χ1n) is 5.76. The van der Waals surface area contributed by atoms with E-state index in [1.54, 1.807) is 0 Å². The van der Waals surface area contributed by atoms with E-state index in [1.807, 2.05) is 6.92 Å². The summed E-state index contributed by atoms with van der Waals surface area (Å²) in [5.41, 5.74) is 2.48. The Morgan fingerprint density at radius 1 is 1.35 bits per heavy atom. The van der Waals surface area contributed by atoms with Crippen molar-refractivity contribution < 1.29 is 15.0 Å². The van der Waals surface area contributed by atoms with Crippen molar-refractivity contribution in [3.8, 4) is 0 Å². The highest BCUT2D eigenvalue weighted by Crippen LogP contribution is 2.05. The number of carboxylic acids is 1. The van der Waals surface area contributed by atoms with E-state index in [1.165, 1.54) is 11.1 Å². The summed E-state index contributed by atoms with van der Waals surface area (Å²) in [5, 5.41) is 20.3. The number of hydrogen-bond acceptors (Lipinski definition) is 3. The highest BCUT2D eigenvalue weighted by molar-refractivity contribution is 5.73. The first-order chi connectivity index (χ1) is 8.13. The van der Waals surface area contributed by atoms with Gasteiger partial charge in [-0.3, -0.25) is 4.79 Å². The Balaban J connectivity index is 2.24. The Hall–Kier alpha value is -1.39. The van der Waals surface area contributed by atoms with Crippen LogP contribution in [-0.4, -0.2) is 35.4 Å². The molecule has 0 amide bonds. The van der Waals surface area contributed by atoms with Crippen molar-refractivity contribution >= 4 is 5.97 Å². The van der Waals surface area contributed by atoms with Gasteiger partial charge >= 0.3 is 5.97 Å². The topological polar surface area (TPSA) is 69.6 Å². The highest BCUT2D eigenvalue weighted by atomic mass is 16.4. The third-order valence-corrected chi connectivity index (χ3v) is 2.63. The van der Waals surface area contributed by atoms with E-state index in [4.69, 9.17) is 10.2 Å². The van der Waals surface area contributed by atoms with Gasteiger partial charge in [0.25, 0.3) is 0 Å². The van der Waals surface area contributed by atoms with Crippen LogP contribution >= 0.6 is 0 Å². The number of carboxylic acid groups (broad SMARTS) is 1. The maximum atomic E-state index is 10.6. The van der Waals surface area contributed by atoms with Crippen molar-refractivity contribution in [1.82, 2.24) is 5.32 Å². The Kier molecular flexibility index (Phi) is 5.66. The minimum absolute atomic E-state index is 0.375. The van der Waals surface area contributed by atoms with Crippen molar-refractivity contribution in [2.45, 2.75) is 25.8 Å². The van der Waals surface area contributed by atoms with Gasteiger partial charge in [0.15, 0.2) is 0 Å². The minimum Gasteiger partial charge on any atom is -0.480 e. The molecule has 17 heavy (non-hydrogen) atoms. The lowest BCUT2D eigenvalue weighted by Gasteiger charge is -2.11. The van der Waals surface area contributed by atoms with Crippen LogP contribution in [0.15, 0.2) is 24.3 Å². The molecule has 0 aliphatic carbocycles. The molecule has 1 aromatic carbocycles. The molecule has 0 saturated carbocycles. The standard InChI is InChI=1S/C13H19NO3/c1-10-4-6-11(7-5-10)3-2-8-14-12(9-15)13(16)17/h4-7,12,14-15H,2-3,8-9H2,1H3,(H,16,17). The second-order valence-corrected chi connectivity index (χ2v) is 4.12. The molecular formula is C13H19NO3. The van der Waals surface area contributed by atoms with Crippen LogP contribution in [0.25, 0.3) is 0 Å². The van der Waals surface area contributed by atoms with Gasteiger partial charge < -0.3 is 15.5 Å². The fraction of sp³-hybridized carbons (Fsp3) is 0.462. The predicted octanol–water partition coefficient (Wildman–Crippen LogP) is 0.963. The molecule has 1 atom stereocenters. The average Bonchev–Trinajstić information content (AvgIpc) is 2.31. The molecule has 0 radical (unpaired) electrons. The normalized spacial score (nSPS) is 12.4. The maximum absolute atomic E-state index is 10.6. The lowest BCUT2D eigenvalue weighted by molar-refractivity contribution is -0.140. The van der Waals surface area contributed by atoms with Gasteiger partial charge in [-0.05, 0) is 31.9 Å². The van der Waals surface area contributed by atoms with Crippen LogP contribution in [0.2, 0.25) is 0 Å². The van der Waals surface area contributed by atoms with E-state index in [-0.39, 0.29) is 6.61 Å². The quantitative estimate of drug-likeness (QED) is 0.618. The van der Waals surface area contributed by atoms with E-state index in [2.05, 4.69) is 29.6 Å². The van der Waals surface area contributed by atoms with Crippen LogP contribution in [0, 0.1) is 6.92 Å². The Morgan fingerprint density at radius 3 is 2.53 bits per heavy atom. The molecule has 1 rings (SSSR count). The van der Waals surface area contributed by atoms with Crippen LogP contribution in [0.4, 0.5) is 0 Å². The molecule has 4 heteroatoms. The van der Waals surface area contributed by atoms with E-state index in [9.17, 15) is 4.79 Å². The van der Waals surface area contributed by atoms with Crippen molar-refractivity contribution in [2.75, 3.05) is 13.2 Å². The third-order valence-electron chi connectivity index (χ3n) is 2.63. The molecule has 1 aromatic rings. The number of aryl methyl sites for hydroxylation is 2. The number of aliphatic hydroxyl groups excluding tert-OH is 1. The zero-order valence-electron chi connectivity index (χ0n) is 10.0. The molecule has 0 spiro atoms. The van der Waals surface area contributed by atoms with Crippen molar-refractivity contribution in [2.24, 2.45) is 0 Å². The summed E-state index contributed by atoms with van der Waals surface area (Å²) >= 11 is 0. The second-order valence-electron chi connectivity index (χ2n) is 4.12. The number of carbonyl (C=O) groups is 1. The molecule has 0 bridgehead atoms. The van der Waals surface area contributed by atoms with Crippen LogP contribution in [0.1, 0.15) is 17.5 Å². The zero-order chi connectivity index (χ0) is 12.7. The van der Waals surface area contributed by atoms with Gasteiger partial charge in [0.1, 0.15) is 6.04 Å². The van der Waals surface area contributed by atoms with Crippen molar-refractivity contribution in [1.29, 1.82) is 0 Å². The van der Waals surface area contributed by atoms with Crippen molar-refractivity contribution in [3.63, 3.8) is 0 Å². The fourth-order valence-electron chi connectivity index (χ4n) is 1.55. The number of benzene rings is 1. The molecule has 0 aromatic heterocycles. The first-order valence-corrected chi connectivity index (χ1v) is 5.76. The molecule has 0 aliphatic heterocycles. The number of rotatable bonds is 7. The van der Waals surface area contributed by atoms with Gasteiger partial charge in [-0.2, -0.15) is 0 Å². The lowest BCUT2D eigenvalue weighted by atomic mass is 10.1. The van der Waals surface area contributed by atoms with Crippen LogP contribution < -0.4 is 5.32 Å². The molecule has 94 valence electrons. The summed E-state index contributed by atoms with van der Waals surface area (Å²) in [6.07, 6.45) is 1.76. The van der Waals surface area contributed by atoms with Gasteiger partial charge in [-0.15, -0.1) is 0 Å². The molecule has 0 saturated heterocycles. The number of aliphatic hydroxyl groups is 1. The summed E-state index contributed by atoms with van der Waals surface area (Å²) in [6, 6.07) is 7.44. The largest absolute Gasteiger partial charge is 0.480 e. The summed E-state index contributed by atoms with van der Waals surface area (Å²) < 4.78 is 0. The third kappa shape index (κ3) is 4.97. The summed E-state index contributed by atoms with van der Waals surface area (Å²) in [6.45, 7) is 2.26. The van der Waals surface area contributed by atoms with Gasteiger partial charge in [0.2, 0.25) is 0 Å². The molecule has 0 aliphatic rings. The van der Waals surface area contributed by atoms with Gasteiger partial charge in [-0.1, -0.05) is 29.8 Å². The Bertz CT molecular complexity index is 348. The maximum Gasteiger partial charge on any atom is 0.323 e. The van der Waals surface area contributed by atoms with Gasteiger partial charge in [-0.25, -0.2) is 0 Å². The smallest absolute Gasteiger partial charge is 0.323 e. The SMILES string of the molecule is Cc1ccc(CCCNC(CO)C(=O)O)cc1. The van der Waals surface area contributed by atoms with Crippen LogP contribution in [-0.2, 0) is 11.2 Å². The zero-order valence-corrected chi connectivity index (χ0v) is 10.0. The van der Waals surface area contributed by atoms with Crippen molar-refractivity contribution in [3.05, 3.63) is 35.4 Å². The Morgan fingerprint density at radius 2 is 2.00 bits per heavy atom. The summed E-state index contributed by atoms with van der Waals surface area (Å²) in [4.78, 5) is 10.6. The van der Waals surface area contributed by atoms with Gasteiger partial charge in [0.05, 0.1) is 6.61 Å². The predicted molar refractivity (Wildman–Crippen MR) is 66.0 cm³/mol. The summed E-state index contributed by atoms with van der Waals surface area (Å²) in [5.74, 6) is -1.01. The molecular weight excluding hydrogens is 218 g/mol. The van der Waals surface area contributed by atoms with Crippen LogP contribution in [0.3, 0.4) is 0 Å². The van der Waals surface area contributed by atoms with Gasteiger partial charge in [0, 0.05) is 0 Å². The molecule has 4 nitrogen and oxygen atoms in total. The average molecular weight is 237 g/mol. The summed E-state index contributed by atoms with van der Waals surface area (Å²) in [7, 11) is 0. The number of hydrogen-bond donors (Lipinski definition) is 3. The monoisotopic (exact) mass is 237 g/mol. The van der Waals surface area contributed by atoms with E-state index < -0.39 is 12.0 Å². The van der Waals surface area contributed by atoms with Crippen LogP contribution in [0.5, 0.6) is 0 Å². The molecule has 0 heterocycles. The molecule has 0 fully saturated rings. The minimum atomic E-state index is -1.01. The van der Waals surface area contributed by atoms with E-state index >= 15 is 0 Å². The van der Waals surface area contributed by atoms with E-state index in [0.29, 0.717) is 6.54 Å². The molecule has 1 unspecified atom stereocenters.